The number of anilines is 1. The Morgan fingerprint density at radius 2 is 2.04 bits per heavy atom. The van der Waals surface area contributed by atoms with Gasteiger partial charge in [-0.15, -0.1) is 0 Å². The second-order valence-corrected chi connectivity index (χ2v) is 6.24. The summed E-state index contributed by atoms with van der Waals surface area (Å²) in [6.07, 6.45) is 1.51. The minimum atomic E-state index is -0.457. The van der Waals surface area contributed by atoms with Crippen LogP contribution in [0.1, 0.15) is 24.5 Å². The van der Waals surface area contributed by atoms with Crippen molar-refractivity contribution in [2.24, 2.45) is 11.7 Å². The zero-order valence-electron chi connectivity index (χ0n) is 13.5. The van der Waals surface area contributed by atoms with Crippen LogP contribution in [0.15, 0.2) is 24.3 Å². The Morgan fingerprint density at radius 1 is 1.33 bits per heavy atom. The number of carbonyl (C=O) groups excluding carboxylic acids is 2. The highest BCUT2D eigenvalue weighted by Gasteiger charge is 2.36. The Kier molecular flexibility index (Phi) is 5.13. The maximum Gasteiger partial charge on any atom is 0.249 e. The molecule has 7 heteroatoms. The number of aliphatic hydroxyl groups is 1. The molecule has 1 heterocycles. The van der Waals surface area contributed by atoms with Gasteiger partial charge in [-0.25, -0.2) is 0 Å². The summed E-state index contributed by atoms with van der Waals surface area (Å²) in [7, 11) is 0. The molecule has 2 amide bonds. The first kappa shape index (κ1) is 16.9. The zero-order chi connectivity index (χ0) is 17.1. The molecule has 1 aromatic carbocycles. The van der Waals surface area contributed by atoms with E-state index in [1.165, 1.54) is 0 Å². The van der Waals surface area contributed by atoms with E-state index in [0.717, 1.165) is 24.1 Å². The lowest BCUT2D eigenvalue weighted by atomic mass is 9.99. The lowest BCUT2D eigenvalue weighted by Gasteiger charge is -2.40. The number of nitrogens with one attached hydrogen (secondary N) is 1. The summed E-state index contributed by atoms with van der Waals surface area (Å²) >= 11 is 0. The number of benzene rings is 1. The van der Waals surface area contributed by atoms with E-state index >= 15 is 0 Å². The number of ether oxygens (including phenoxy) is 1. The lowest BCUT2D eigenvalue weighted by molar-refractivity contribution is -0.160. The normalized spacial score (nSPS) is 24.1. The van der Waals surface area contributed by atoms with Crippen molar-refractivity contribution in [1.82, 2.24) is 4.90 Å². The van der Waals surface area contributed by atoms with Crippen LogP contribution in [-0.4, -0.2) is 54.2 Å². The molecule has 0 bridgehead atoms. The number of morpholine rings is 1. The largest absolute Gasteiger partial charge is 0.394 e. The molecular formula is C17H23N3O4. The molecule has 2 aliphatic rings. The predicted octanol–water partition coefficient (Wildman–Crippen LogP) is 0.255. The lowest BCUT2D eigenvalue weighted by Crippen LogP contribution is -2.54. The van der Waals surface area contributed by atoms with E-state index in [9.17, 15) is 14.7 Å². The number of hydrogen-bond acceptors (Lipinski definition) is 5. The molecule has 1 aromatic rings. The molecule has 1 saturated heterocycles. The van der Waals surface area contributed by atoms with E-state index in [0.29, 0.717) is 13.1 Å². The number of amides is 2. The van der Waals surface area contributed by atoms with Crippen molar-refractivity contribution in [2.75, 3.05) is 31.6 Å². The van der Waals surface area contributed by atoms with Gasteiger partial charge in [0.1, 0.15) is 12.7 Å². The van der Waals surface area contributed by atoms with Crippen molar-refractivity contribution >= 4 is 17.5 Å². The third-order valence-electron chi connectivity index (χ3n) is 4.47. The molecular weight excluding hydrogens is 310 g/mol. The van der Waals surface area contributed by atoms with Crippen molar-refractivity contribution < 1.29 is 19.4 Å². The number of nitrogens with two attached hydrogens (primary N) is 1. The number of aliphatic hydroxyl groups excluding tert-OH is 1. The highest BCUT2D eigenvalue weighted by atomic mass is 16.5. The first-order valence-electron chi connectivity index (χ1n) is 8.27. The summed E-state index contributed by atoms with van der Waals surface area (Å²) in [6, 6.07) is 6.88. The molecule has 0 spiro atoms. The van der Waals surface area contributed by atoms with Crippen molar-refractivity contribution in [3.8, 4) is 0 Å². The summed E-state index contributed by atoms with van der Waals surface area (Å²) < 4.78 is 5.65. The summed E-state index contributed by atoms with van der Waals surface area (Å²) in [5.74, 6) is 0.0506. The van der Waals surface area contributed by atoms with Gasteiger partial charge in [0, 0.05) is 24.7 Å². The van der Waals surface area contributed by atoms with Gasteiger partial charge in [-0.05, 0) is 30.5 Å². The topological polar surface area (TPSA) is 105 Å². The van der Waals surface area contributed by atoms with E-state index in [1.54, 1.807) is 4.90 Å². The Labute approximate surface area is 140 Å². The molecule has 3 rings (SSSR count). The summed E-state index contributed by atoms with van der Waals surface area (Å²) in [5.41, 5.74) is 7.15. The molecule has 1 aliphatic carbocycles. The van der Waals surface area contributed by atoms with Gasteiger partial charge < -0.3 is 25.8 Å². The van der Waals surface area contributed by atoms with Crippen LogP contribution in [0, 0.1) is 5.92 Å². The van der Waals surface area contributed by atoms with Gasteiger partial charge in [-0.3, -0.25) is 9.59 Å². The summed E-state index contributed by atoms with van der Waals surface area (Å²) in [6.45, 7) is 0.498. The van der Waals surface area contributed by atoms with Gasteiger partial charge in [0.15, 0.2) is 0 Å². The first-order chi connectivity index (χ1) is 11.6. The fraction of sp³-hybridized carbons (Fsp3) is 0.529. The number of rotatable bonds is 6. The van der Waals surface area contributed by atoms with Crippen molar-refractivity contribution in [2.45, 2.75) is 25.0 Å². The van der Waals surface area contributed by atoms with Gasteiger partial charge in [-0.1, -0.05) is 12.1 Å². The molecule has 2 atom stereocenters. The van der Waals surface area contributed by atoms with E-state index in [1.807, 2.05) is 24.3 Å². The van der Waals surface area contributed by atoms with Gasteiger partial charge in [0.2, 0.25) is 11.8 Å². The van der Waals surface area contributed by atoms with E-state index < -0.39 is 12.1 Å². The second-order valence-electron chi connectivity index (χ2n) is 6.24. The zero-order valence-corrected chi connectivity index (χ0v) is 13.5. The molecule has 130 valence electrons. The van der Waals surface area contributed by atoms with Crippen LogP contribution in [0.5, 0.6) is 0 Å². The van der Waals surface area contributed by atoms with Crippen LogP contribution in [0.3, 0.4) is 0 Å². The molecule has 1 saturated carbocycles. The highest BCUT2D eigenvalue weighted by Crippen LogP contribution is 2.32. The monoisotopic (exact) mass is 333 g/mol. The number of nitrogens with zero attached hydrogens (tertiary/aromatic N) is 1. The van der Waals surface area contributed by atoms with Crippen LogP contribution in [0.4, 0.5) is 5.69 Å². The summed E-state index contributed by atoms with van der Waals surface area (Å²) in [5, 5.41) is 12.6. The number of carbonyl (C=O) groups is 2. The van der Waals surface area contributed by atoms with Crippen molar-refractivity contribution in [1.29, 1.82) is 0 Å². The van der Waals surface area contributed by atoms with Crippen molar-refractivity contribution in [3.05, 3.63) is 29.8 Å². The Bertz CT molecular complexity index is 600. The Balaban J connectivity index is 1.71. The van der Waals surface area contributed by atoms with Crippen LogP contribution < -0.4 is 11.1 Å². The summed E-state index contributed by atoms with van der Waals surface area (Å²) in [4.78, 5) is 25.3. The average molecular weight is 333 g/mol. The van der Waals surface area contributed by atoms with Gasteiger partial charge in [-0.2, -0.15) is 0 Å². The Morgan fingerprint density at radius 3 is 2.62 bits per heavy atom. The fourth-order valence-electron chi connectivity index (χ4n) is 2.99. The molecule has 2 unspecified atom stereocenters. The average Bonchev–Trinajstić information content (AvgIpc) is 3.42. The van der Waals surface area contributed by atoms with Crippen LogP contribution in [-0.2, 0) is 14.3 Å². The van der Waals surface area contributed by atoms with E-state index in [-0.39, 0.29) is 30.9 Å². The van der Waals surface area contributed by atoms with Gasteiger partial charge >= 0.3 is 0 Å². The van der Waals surface area contributed by atoms with Gasteiger partial charge in [0.05, 0.1) is 12.6 Å². The van der Waals surface area contributed by atoms with E-state index in [4.69, 9.17) is 10.5 Å². The van der Waals surface area contributed by atoms with Crippen LogP contribution >= 0.6 is 0 Å². The van der Waals surface area contributed by atoms with Crippen LogP contribution in [0.2, 0.25) is 0 Å². The molecule has 7 nitrogen and oxygen atoms in total. The minimum absolute atomic E-state index is 0.0265. The number of hydrogen-bond donors (Lipinski definition) is 3. The van der Waals surface area contributed by atoms with Crippen LogP contribution in [0.25, 0.3) is 0 Å². The van der Waals surface area contributed by atoms with Crippen molar-refractivity contribution in [3.63, 3.8) is 0 Å². The molecule has 0 aromatic heterocycles. The smallest absolute Gasteiger partial charge is 0.249 e. The minimum Gasteiger partial charge on any atom is -0.394 e. The molecule has 2 fully saturated rings. The predicted molar refractivity (Wildman–Crippen MR) is 88.1 cm³/mol. The second kappa shape index (κ2) is 7.29. The third kappa shape index (κ3) is 3.58. The molecule has 24 heavy (non-hydrogen) atoms. The third-order valence-corrected chi connectivity index (χ3v) is 4.47. The maximum absolute atomic E-state index is 12.0. The Hall–Kier alpha value is -1.96. The maximum atomic E-state index is 12.0. The SMILES string of the molecule is NCCN1C(=O)COC(c2ccc(NC(=O)C3CC3)cc2)C1CO. The standard InChI is InChI=1S/C17H23N3O4/c18-7-8-20-14(9-21)16(24-10-15(20)22)11-3-5-13(6-4-11)19-17(23)12-1-2-12/h3-6,12,14,16,21H,1-2,7-10,18H2,(H,19,23). The van der Waals surface area contributed by atoms with Gasteiger partial charge in [0.25, 0.3) is 0 Å². The fourth-order valence-corrected chi connectivity index (χ4v) is 2.99. The molecule has 1 aliphatic heterocycles. The molecule has 0 radical (unpaired) electrons. The molecule has 4 N–H and O–H groups in total. The highest BCUT2D eigenvalue weighted by molar-refractivity contribution is 5.94. The van der Waals surface area contributed by atoms with E-state index in [2.05, 4.69) is 5.32 Å². The quantitative estimate of drug-likeness (QED) is 0.692. The first-order valence-corrected chi connectivity index (χ1v) is 8.27.